The number of rotatable bonds is 10. The van der Waals surface area contributed by atoms with Crippen molar-refractivity contribution in [3.8, 4) is 5.75 Å². The van der Waals surface area contributed by atoms with E-state index in [1.54, 1.807) is 30.3 Å². The Bertz CT molecular complexity index is 1220. The molecule has 1 amide bonds. The van der Waals surface area contributed by atoms with Crippen LogP contribution in [0.4, 0.5) is 23.2 Å². The summed E-state index contributed by atoms with van der Waals surface area (Å²) in [4.78, 5) is 24.3. The second-order valence-electron chi connectivity index (χ2n) is 7.83. The van der Waals surface area contributed by atoms with Crippen LogP contribution in [0.1, 0.15) is 16.7 Å². The summed E-state index contributed by atoms with van der Waals surface area (Å²) in [6.07, 6.45) is -5.39. The largest absolute Gasteiger partial charge is 0.487 e. The number of alkyl halides is 3. The third-order valence-corrected chi connectivity index (χ3v) is 5.94. The lowest BCUT2D eigenvalue weighted by molar-refractivity contribution is -0.171. The van der Waals surface area contributed by atoms with Crippen LogP contribution in [-0.4, -0.2) is 31.7 Å². The molecule has 196 valence electrons. The predicted molar refractivity (Wildman–Crippen MR) is 132 cm³/mol. The smallest absolute Gasteiger partial charge is 0.471 e. The lowest BCUT2D eigenvalue weighted by atomic mass is 10.1. The third-order valence-electron chi connectivity index (χ3n) is 5.24. The van der Waals surface area contributed by atoms with Crippen LogP contribution in [0.25, 0.3) is 0 Å². The number of nitrogens with one attached hydrogen (secondary N) is 1. The van der Waals surface area contributed by atoms with Crippen molar-refractivity contribution in [2.24, 2.45) is 0 Å². The first-order valence-corrected chi connectivity index (χ1v) is 11.8. The monoisotopic (exact) mass is 582 g/mol. The summed E-state index contributed by atoms with van der Waals surface area (Å²) >= 11 is 3.26. The average molecular weight is 583 g/mol. The molecule has 3 rings (SSSR count). The summed E-state index contributed by atoms with van der Waals surface area (Å²) in [6.45, 7) is -1.05. The van der Waals surface area contributed by atoms with Crippen molar-refractivity contribution in [1.29, 1.82) is 0 Å². The van der Waals surface area contributed by atoms with Crippen molar-refractivity contribution in [2.45, 2.75) is 25.9 Å². The molecule has 0 aliphatic heterocycles. The van der Waals surface area contributed by atoms with Gasteiger partial charge in [0.2, 0.25) is 0 Å². The van der Waals surface area contributed by atoms with Gasteiger partial charge in [0, 0.05) is 23.1 Å². The second kappa shape index (κ2) is 12.7. The summed E-state index contributed by atoms with van der Waals surface area (Å²) in [5.41, 5.74) is 0.688. The van der Waals surface area contributed by atoms with Crippen molar-refractivity contribution >= 4 is 33.5 Å². The van der Waals surface area contributed by atoms with Gasteiger partial charge in [-0.05, 0) is 17.2 Å². The summed E-state index contributed by atoms with van der Waals surface area (Å²) in [6, 6.07) is 19.1. The minimum Gasteiger partial charge on any atom is -0.487 e. The van der Waals surface area contributed by atoms with Crippen LogP contribution in [0.2, 0.25) is 0 Å². The molecule has 0 unspecified atom stereocenters. The predicted octanol–water partition coefficient (Wildman–Crippen LogP) is 5.53. The van der Waals surface area contributed by atoms with Crippen LogP contribution in [0, 0.1) is 5.82 Å². The molecule has 0 aliphatic carbocycles. The fraction of sp³-hybridized carbons (Fsp3) is 0.231. The molecule has 3 aromatic carbocycles. The Morgan fingerprint density at radius 3 is 2.14 bits per heavy atom. The number of hydrogen-bond acceptors (Lipinski definition) is 5. The van der Waals surface area contributed by atoms with Crippen LogP contribution >= 0.6 is 15.9 Å². The SMILES string of the molecule is COC(=O)CN(C(=O)C(F)(F)F)c1c(OCc2ccccc2)cc(Br)c(CNCc2ccccc2)c1F. The molecule has 0 aromatic heterocycles. The number of carbonyl (C=O) groups excluding carboxylic acids is 2. The summed E-state index contributed by atoms with van der Waals surface area (Å²) < 4.78 is 66.8. The highest BCUT2D eigenvalue weighted by molar-refractivity contribution is 9.10. The van der Waals surface area contributed by atoms with Crippen molar-refractivity contribution in [3.05, 3.63) is 93.7 Å². The lowest BCUT2D eigenvalue weighted by Crippen LogP contribution is -2.45. The first kappa shape index (κ1) is 28.1. The maximum Gasteiger partial charge on any atom is 0.471 e. The van der Waals surface area contributed by atoms with Gasteiger partial charge in [-0.1, -0.05) is 76.6 Å². The number of halogens is 5. The zero-order valence-corrected chi connectivity index (χ0v) is 21.2. The molecule has 0 saturated carbocycles. The van der Waals surface area contributed by atoms with Gasteiger partial charge < -0.3 is 14.8 Å². The van der Waals surface area contributed by atoms with E-state index in [4.69, 9.17) is 4.74 Å². The van der Waals surface area contributed by atoms with Gasteiger partial charge >= 0.3 is 18.1 Å². The van der Waals surface area contributed by atoms with Crippen LogP contribution in [0.15, 0.2) is 71.2 Å². The first-order valence-electron chi connectivity index (χ1n) is 11.0. The van der Waals surface area contributed by atoms with E-state index in [1.165, 1.54) is 6.07 Å². The number of ether oxygens (including phenoxy) is 2. The van der Waals surface area contributed by atoms with Crippen molar-refractivity contribution in [1.82, 2.24) is 5.32 Å². The fourth-order valence-corrected chi connectivity index (χ4v) is 3.93. The maximum atomic E-state index is 15.9. The van der Waals surface area contributed by atoms with Crippen LogP contribution < -0.4 is 15.0 Å². The molecule has 0 spiro atoms. The van der Waals surface area contributed by atoms with Gasteiger partial charge in [0.15, 0.2) is 5.82 Å². The van der Waals surface area contributed by atoms with Crippen molar-refractivity contribution in [2.75, 3.05) is 18.6 Å². The molecule has 0 atom stereocenters. The Morgan fingerprint density at radius 2 is 1.57 bits per heavy atom. The summed E-state index contributed by atoms with van der Waals surface area (Å²) in [7, 11) is 0.947. The number of methoxy groups -OCH3 is 1. The topological polar surface area (TPSA) is 67.9 Å². The highest BCUT2D eigenvalue weighted by atomic mass is 79.9. The molecule has 0 saturated heterocycles. The second-order valence-corrected chi connectivity index (χ2v) is 8.68. The number of benzene rings is 3. The van der Waals surface area contributed by atoms with E-state index in [1.807, 2.05) is 30.3 Å². The molecule has 11 heteroatoms. The molecule has 0 heterocycles. The lowest BCUT2D eigenvalue weighted by Gasteiger charge is -2.27. The van der Waals surface area contributed by atoms with Gasteiger partial charge in [0.05, 0.1) is 7.11 Å². The average Bonchev–Trinajstić information content (AvgIpc) is 2.88. The molecular formula is C26H23BrF4N2O4. The maximum absolute atomic E-state index is 15.9. The van der Waals surface area contributed by atoms with Crippen molar-refractivity contribution < 1.29 is 36.6 Å². The number of anilines is 1. The molecule has 37 heavy (non-hydrogen) atoms. The molecular weight excluding hydrogens is 560 g/mol. The minimum absolute atomic E-state index is 0.00533. The number of esters is 1. The Hall–Kier alpha value is -3.44. The fourth-order valence-electron chi connectivity index (χ4n) is 3.41. The van der Waals surface area contributed by atoms with Crippen LogP contribution in [-0.2, 0) is 34.0 Å². The summed E-state index contributed by atoms with van der Waals surface area (Å²) in [5.74, 6) is -5.12. The van der Waals surface area contributed by atoms with E-state index in [2.05, 4.69) is 26.0 Å². The minimum atomic E-state index is -5.39. The van der Waals surface area contributed by atoms with Gasteiger partial charge in [-0.15, -0.1) is 0 Å². The van der Waals surface area contributed by atoms with E-state index in [0.29, 0.717) is 12.1 Å². The first-order chi connectivity index (χ1) is 17.6. The molecule has 6 nitrogen and oxygen atoms in total. The molecule has 0 radical (unpaired) electrons. The molecule has 1 N–H and O–H groups in total. The highest BCUT2D eigenvalue weighted by Crippen LogP contribution is 2.40. The standard InChI is InChI=1S/C26H23BrF4N2O4/c1-36-22(34)15-33(25(35)26(29,30)31)24-21(37-16-18-10-6-3-7-11-18)12-20(27)19(23(24)28)14-32-13-17-8-4-2-5-9-17/h2-12,32H,13-16H2,1H3. The van der Waals surface area contributed by atoms with E-state index in [0.717, 1.165) is 12.7 Å². The Labute approximate surface area is 219 Å². The van der Waals surface area contributed by atoms with Crippen LogP contribution in [0.5, 0.6) is 5.75 Å². The third kappa shape index (κ3) is 7.53. The van der Waals surface area contributed by atoms with Gasteiger partial charge in [0.25, 0.3) is 0 Å². The van der Waals surface area contributed by atoms with Gasteiger partial charge in [-0.3, -0.25) is 14.5 Å². The molecule has 3 aromatic rings. The number of carbonyl (C=O) groups is 2. The number of nitrogens with zero attached hydrogens (tertiary/aromatic N) is 1. The number of amides is 1. The normalized spacial score (nSPS) is 11.2. The van der Waals surface area contributed by atoms with Gasteiger partial charge in [-0.25, -0.2) is 4.39 Å². The zero-order chi connectivity index (χ0) is 27.0. The molecule has 0 aliphatic rings. The molecule has 0 bridgehead atoms. The van der Waals surface area contributed by atoms with Gasteiger partial charge in [0.1, 0.15) is 24.6 Å². The molecule has 0 fully saturated rings. The van der Waals surface area contributed by atoms with E-state index < -0.39 is 36.1 Å². The van der Waals surface area contributed by atoms with E-state index >= 15 is 4.39 Å². The van der Waals surface area contributed by atoms with Crippen molar-refractivity contribution in [3.63, 3.8) is 0 Å². The van der Waals surface area contributed by atoms with Gasteiger partial charge in [-0.2, -0.15) is 13.2 Å². The van der Waals surface area contributed by atoms with E-state index in [-0.39, 0.29) is 33.8 Å². The summed E-state index contributed by atoms with van der Waals surface area (Å²) in [5, 5.41) is 3.03. The van der Waals surface area contributed by atoms with Crippen LogP contribution in [0.3, 0.4) is 0 Å². The Kier molecular flexibility index (Phi) is 9.65. The number of hydrogen-bond donors (Lipinski definition) is 1. The highest BCUT2D eigenvalue weighted by Gasteiger charge is 2.45. The quantitative estimate of drug-likeness (QED) is 0.252. The zero-order valence-electron chi connectivity index (χ0n) is 19.6. The Balaban J connectivity index is 2.03. The van der Waals surface area contributed by atoms with E-state index in [9.17, 15) is 22.8 Å². The Morgan fingerprint density at radius 1 is 0.973 bits per heavy atom.